The second-order valence-electron chi connectivity index (χ2n) is 5.33. The van der Waals surface area contributed by atoms with Crippen LogP contribution in [0.25, 0.3) is 0 Å². The first kappa shape index (κ1) is 14.5. The first-order chi connectivity index (χ1) is 9.24. The van der Waals surface area contributed by atoms with Gasteiger partial charge in [0.2, 0.25) is 0 Å². The van der Waals surface area contributed by atoms with Gasteiger partial charge in [0.15, 0.2) is 0 Å². The minimum atomic E-state index is 0.290. The highest BCUT2D eigenvalue weighted by Crippen LogP contribution is 2.15. The lowest BCUT2D eigenvalue weighted by Crippen LogP contribution is -2.52. The van der Waals surface area contributed by atoms with Gasteiger partial charge in [-0.3, -0.25) is 4.90 Å². The van der Waals surface area contributed by atoms with Gasteiger partial charge in [-0.15, -0.1) is 0 Å². The fraction of sp³-hybridized carbons (Fsp3) is 0.625. The molecule has 19 heavy (non-hydrogen) atoms. The number of likely N-dealkylation sites (N-methyl/N-ethyl adjacent to an activating group) is 2. The van der Waals surface area contributed by atoms with E-state index >= 15 is 0 Å². The topological polar surface area (TPSA) is 24.5 Å². The molecule has 2 rings (SSSR count). The monoisotopic (exact) mass is 262 g/mol. The molecule has 1 heterocycles. The number of nitrogens with one attached hydrogen (secondary N) is 1. The number of rotatable bonds is 5. The van der Waals surface area contributed by atoms with Gasteiger partial charge in [-0.25, -0.2) is 0 Å². The largest absolute Gasteiger partial charge is 0.374 e. The summed E-state index contributed by atoms with van der Waals surface area (Å²) in [5, 5.41) is 3.44. The molecule has 1 aliphatic heterocycles. The maximum absolute atomic E-state index is 5.97. The summed E-state index contributed by atoms with van der Waals surface area (Å²) in [5.74, 6) is 0. The Morgan fingerprint density at radius 3 is 2.89 bits per heavy atom. The van der Waals surface area contributed by atoms with Crippen molar-refractivity contribution in [1.29, 1.82) is 0 Å². The lowest BCUT2D eigenvalue weighted by Gasteiger charge is -2.36. The molecule has 3 nitrogen and oxygen atoms in total. The molecule has 1 fully saturated rings. The molecule has 3 heteroatoms. The second-order valence-corrected chi connectivity index (χ2v) is 5.33. The Morgan fingerprint density at radius 2 is 2.21 bits per heavy atom. The van der Waals surface area contributed by atoms with Crippen LogP contribution in [0.1, 0.15) is 18.1 Å². The smallest absolute Gasteiger partial charge is 0.0858 e. The van der Waals surface area contributed by atoms with Crippen LogP contribution in [0.15, 0.2) is 24.3 Å². The van der Waals surface area contributed by atoms with Gasteiger partial charge in [-0.1, -0.05) is 31.2 Å². The third kappa shape index (κ3) is 3.78. The summed E-state index contributed by atoms with van der Waals surface area (Å²) < 4.78 is 5.97. The van der Waals surface area contributed by atoms with Gasteiger partial charge in [0.1, 0.15) is 0 Å². The van der Waals surface area contributed by atoms with Crippen LogP contribution in [0.2, 0.25) is 0 Å². The molecule has 1 aliphatic rings. The minimum Gasteiger partial charge on any atom is -0.374 e. The zero-order valence-corrected chi connectivity index (χ0v) is 12.4. The number of nitrogens with zero attached hydrogens (tertiary/aromatic N) is 1. The average Bonchev–Trinajstić information content (AvgIpc) is 2.46. The zero-order chi connectivity index (χ0) is 13.7. The molecule has 0 aromatic heterocycles. The predicted molar refractivity (Wildman–Crippen MR) is 79.6 cm³/mol. The van der Waals surface area contributed by atoms with E-state index in [0.29, 0.717) is 12.1 Å². The molecule has 0 radical (unpaired) electrons. The van der Waals surface area contributed by atoms with Crippen molar-refractivity contribution in [2.24, 2.45) is 0 Å². The zero-order valence-electron chi connectivity index (χ0n) is 12.4. The van der Waals surface area contributed by atoms with Gasteiger partial charge in [0, 0.05) is 19.1 Å². The van der Waals surface area contributed by atoms with E-state index in [2.05, 4.69) is 48.3 Å². The summed E-state index contributed by atoms with van der Waals surface area (Å²) in [7, 11) is 2.04. The van der Waals surface area contributed by atoms with Gasteiger partial charge in [0.05, 0.1) is 12.7 Å². The highest BCUT2D eigenvalue weighted by molar-refractivity contribution is 5.26. The number of hydrogen-bond acceptors (Lipinski definition) is 3. The SMILES string of the molecule is CCN1CCOC(C(Cc2ccccc2C)NC)C1. The van der Waals surface area contributed by atoms with Crippen molar-refractivity contribution in [1.82, 2.24) is 10.2 Å². The van der Waals surface area contributed by atoms with Gasteiger partial charge in [-0.2, -0.15) is 0 Å². The van der Waals surface area contributed by atoms with Crippen molar-refractivity contribution in [3.8, 4) is 0 Å². The van der Waals surface area contributed by atoms with Crippen LogP contribution in [0.5, 0.6) is 0 Å². The Morgan fingerprint density at radius 1 is 1.42 bits per heavy atom. The molecule has 2 atom stereocenters. The molecule has 1 aromatic carbocycles. The summed E-state index contributed by atoms with van der Waals surface area (Å²) >= 11 is 0. The molecule has 0 bridgehead atoms. The fourth-order valence-corrected chi connectivity index (χ4v) is 2.76. The standard InChI is InChI=1S/C16H26N2O/c1-4-18-9-10-19-16(12-18)15(17-3)11-14-8-6-5-7-13(14)2/h5-8,15-17H,4,9-12H2,1-3H3. The van der Waals surface area contributed by atoms with Crippen LogP contribution < -0.4 is 5.32 Å². The molecule has 0 spiro atoms. The maximum Gasteiger partial charge on any atom is 0.0858 e. The Balaban J connectivity index is 2.01. The maximum atomic E-state index is 5.97. The van der Waals surface area contributed by atoms with Crippen LogP contribution in [-0.2, 0) is 11.2 Å². The first-order valence-electron chi connectivity index (χ1n) is 7.30. The van der Waals surface area contributed by atoms with E-state index in [9.17, 15) is 0 Å². The molecule has 106 valence electrons. The molecule has 0 saturated carbocycles. The van der Waals surface area contributed by atoms with Crippen LogP contribution >= 0.6 is 0 Å². The van der Waals surface area contributed by atoms with E-state index in [1.165, 1.54) is 11.1 Å². The number of benzene rings is 1. The molecular weight excluding hydrogens is 236 g/mol. The lowest BCUT2D eigenvalue weighted by molar-refractivity contribution is -0.0436. The number of aryl methyl sites for hydroxylation is 1. The van der Waals surface area contributed by atoms with Crippen molar-refractivity contribution >= 4 is 0 Å². The van der Waals surface area contributed by atoms with Crippen molar-refractivity contribution < 1.29 is 4.74 Å². The van der Waals surface area contributed by atoms with E-state index in [1.54, 1.807) is 0 Å². The van der Waals surface area contributed by atoms with Crippen molar-refractivity contribution in [2.75, 3.05) is 33.3 Å². The van der Waals surface area contributed by atoms with Crippen molar-refractivity contribution in [2.45, 2.75) is 32.4 Å². The van der Waals surface area contributed by atoms with Gasteiger partial charge >= 0.3 is 0 Å². The highest BCUT2D eigenvalue weighted by atomic mass is 16.5. The quantitative estimate of drug-likeness (QED) is 0.876. The van der Waals surface area contributed by atoms with Crippen LogP contribution in [0.4, 0.5) is 0 Å². The highest BCUT2D eigenvalue weighted by Gasteiger charge is 2.26. The molecular formula is C16H26N2O. The number of morpholine rings is 1. The van der Waals surface area contributed by atoms with Gasteiger partial charge in [0.25, 0.3) is 0 Å². The molecule has 1 aromatic rings. The van der Waals surface area contributed by atoms with E-state index < -0.39 is 0 Å². The van der Waals surface area contributed by atoms with E-state index in [-0.39, 0.29) is 0 Å². The molecule has 2 unspecified atom stereocenters. The normalized spacial score (nSPS) is 22.4. The van der Waals surface area contributed by atoms with Crippen LogP contribution in [0, 0.1) is 6.92 Å². The molecule has 1 saturated heterocycles. The van der Waals surface area contributed by atoms with Gasteiger partial charge < -0.3 is 10.1 Å². The molecule has 1 N–H and O–H groups in total. The molecule has 0 amide bonds. The van der Waals surface area contributed by atoms with E-state index in [4.69, 9.17) is 4.74 Å². The van der Waals surface area contributed by atoms with E-state index in [1.807, 2.05) is 7.05 Å². The summed E-state index contributed by atoms with van der Waals surface area (Å²) in [6, 6.07) is 9.01. The minimum absolute atomic E-state index is 0.290. The van der Waals surface area contributed by atoms with E-state index in [0.717, 1.165) is 32.7 Å². The van der Waals surface area contributed by atoms with Crippen molar-refractivity contribution in [3.05, 3.63) is 35.4 Å². The third-order valence-electron chi connectivity index (χ3n) is 4.15. The Kier molecular flexibility index (Phi) is 5.37. The summed E-state index contributed by atoms with van der Waals surface area (Å²) in [6.07, 6.45) is 1.32. The first-order valence-corrected chi connectivity index (χ1v) is 7.30. The Hall–Kier alpha value is -0.900. The van der Waals surface area contributed by atoms with Crippen LogP contribution in [-0.4, -0.2) is 50.3 Å². The predicted octanol–water partition coefficient (Wildman–Crippen LogP) is 1.85. The Bertz CT molecular complexity index is 394. The third-order valence-corrected chi connectivity index (χ3v) is 4.15. The lowest BCUT2D eigenvalue weighted by atomic mass is 9.97. The second kappa shape index (κ2) is 7.04. The number of ether oxygens (including phenoxy) is 1. The van der Waals surface area contributed by atoms with Gasteiger partial charge in [-0.05, 0) is 38.1 Å². The summed E-state index contributed by atoms with van der Waals surface area (Å²) in [6.45, 7) is 8.47. The number of hydrogen-bond donors (Lipinski definition) is 1. The van der Waals surface area contributed by atoms with Crippen molar-refractivity contribution in [3.63, 3.8) is 0 Å². The average molecular weight is 262 g/mol. The van der Waals surface area contributed by atoms with Crippen LogP contribution in [0.3, 0.4) is 0 Å². The fourth-order valence-electron chi connectivity index (χ4n) is 2.76. The summed E-state index contributed by atoms with van der Waals surface area (Å²) in [4.78, 5) is 2.47. The molecule has 0 aliphatic carbocycles. The summed E-state index contributed by atoms with van der Waals surface area (Å²) in [5.41, 5.74) is 2.78. The Labute approximate surface area is 116 Å².